The SMILES string of the molecule is Cl.NC(c1ccccc1)c1ccc(C2CCC2)cc1. The standard InChI is InChI=1S/C17H19N.ClH/c18-17(15-5-2-1-3-6-15)16-11-9-14(10-12-16)13-7-4-8-13;/h1-3,5-6,9-13,17H,4,7-8,18H2;1H. The summed E-state index contributed by atoms with van der Waals surface area (Å²) in [5.74, 6) is 0.798. The Morgan fingerprint density at radius 2 is 1.42 bits per heavy atom. The van der Waals surface area contributed by atoms with E-state index in [4.69, 9.17) is 5.73 Å². The van der Waals surface area contributed by atoms with Crippen LogP contribution in [-0.4, -0.2) is 0 Å². The van der Waals surface area contributed by atoms with Crippen LogP contribution in [0.3, 0.4) is 0 Å². The second kappa shape index (κ2) is 6.23. The molecule has 1 fully saturated rings. The van der Waals surface area contributed by atoms with E-state index in [0.717, 1.165) is 5.92 Å². The fourth-order valence-corrected chi connectivity index (χ4v) is 2.57. The minimum absolute atomic E-state index is 0. The van der Waals surface area contributed by atoms with Crippen molar-refractivity contribution < 1.29 is 0 Å². The van der Waals surface area contributed by atoms with Gasteiger partial charge in [-0.05, 0) is 35.4 Å². The second-order valence-electron chi connectivity index (χ2n) is 5.18. The van der Waals surface area contributed by atoms with Gasteiger partial charge in [-0.3, -0.25) is 0 Å². The van der Waals surface area contributed by atoms with Crippen LogP contribution < -0.4 is 5.73 Å². The van der Waals surface area contributed by atoms with Crippen molar-refractivity contribution in [1.29, 1.82) is 0 Å². The van der Waals surface area contributed by atoms with E-state index < -0.39 is 0 Å². The summed E-state index contributed by atoms with van der Waals surface area (Å²) in [4.78, 5) is 0. The van der Waals surface area contributed by atoms with E-state index in [1.807, 2.05) is 18.2 Å². The molecular weight excluding hydrogens is 254 g/mol. The van der Waals surface area contributed by atoms with Gasteiger partial charge in [0.2, 0.25) is 0 Å². The highest BCUT2D eigenvalue weighted by Gasteiger charge is 2.19. The maximum Gasteiger partial charge on any atom is 0.0551 e. The van der Waals surface area contributed by atoms with Crippen LogP contribution in [0.5, 0.6) is 0 Å². The molecular formula is C17H20ClN. The lowest BCUT2D eigenvalue weighted by molar-refractivity contribution is 0.419. The van der Waals surface area contributed by atoms with Gasteiger partial charge in [-0.15, -0.1) is 12.4 Å². The number of benzene rings is 2. The van der Waals surface area contributed by atoms with Crippen LogP contribution >= 0.6 is 12.4 Å². The number of hydrogen-bond acceptors (Lipinski definition) is 1. The van der Waals surface area contributed by atoms with Crippen molar-refractivity contribution in [1.82, 2.24) is 0 Å². The molecule has 100 valence electrons. The molecule has 2 heteroatoms. The Morgan fingerprint density at radius 3 is 1.95 bits per heavy atom. The summed E-state index contributed by atoms with van der Waals surface area (Å²) in [6.07, 6.45) is 4.09. The molecule has 1 unspecified atom stereocenters. The van der Waals surface area contributed by atoms with E-state index in [0.29, 0.717) is 0 Å². The van der Waals surface area contributed by atoms with Crippen LogP contribution in [0.25, 0.3) is 0 Å². The summed E-state index contributed by atoms with van der Waals surface area (Å²) in [5.41, 5.74) is 10.1. The Balaban J connectivity index is 0.00000133. The van der Waals surface area contributed by atoms with Gasteiger partial charge >= 0.3 is 0 Å². The fourth-order valence-electron chi connectivity index (χ4n) is 2.57. The zero-order valence-corrected chi connectivity index (χ0v) is 11.8. The molecule has 0 aliphatic heterocycles. The lowest BCUT2D eigenvalue weighted by Crippen LogP contribution is -2.12. The van der Waals surface area contributed by atoms with Gasteiger partial charge in [0, 0.05) is 0 Å². The maximum absolute atomic E-state index is 6.29. The average molecular weight is 274 g/mol. The minimum atomic E-state index is -0.0124. The molecule has 2 N–H and O–H groups in total. The van der Waals surface area contributed by atoms with Gasteiger partial charge in [-0.2, -0.15) is 0 Å². The summed E-state index contributed by atoms with van der Waals surface area (Å²) < 4.78 is 0. The van der Waals surface area contributed by atoms with Crippen LogP contribution in [-0.2, 0) is 0 Å². The zero-order chi connectivity index (χ0) is 12.4. The highest BCUT2D eigenvalue weighted by Crippen LogP contribution is 2.36. The molecule has 1 atom stereocenters. The summed E-state index contributed by atoms with van der Waals surface area (Å²) >= 11 is 0. The van der Waals surface area contributed by atoms with Gasteiger partial charge in [-0.1, -0.05) is 61.0 Å². The van der Waals surface area contributed by atoms with Gasteiger partial charge in [0.1, 0.15) is 0 Å². The van der Waals surface area contributed by atoms with Crippen molar-refractivity contribution >= 4 is 12.4 Å². The maximum atomic E-state index is 6.29. The highest BCUT2D eigenvalue weighted by molar-refractivity contribution is 5.85. The summed E-state index contributed by atoms with van der Waals surface area (Å²) in [6.45, 7) is 0. The smallest absolute Gasteiger partial charge is 0.0551 e. The predicted octanol–water partition coefficient (Wildman–Crippen LogP) is 4.42. The Kier molecular flexibility index (Phi) is 4.62. The van der Waals surface area contributed by atoms with Crippen LogP contribution in [0.15, 0.2) is 54.6 Å². The third-order valence-corrected chi connectivity index (χ3v) is 4.03. The predicted molar refractivity (Wildman–Crippen MR) is 82.8 cm³/mol. The Bertz CT molecular complexity index is 503. The van der Waals surface area contributed by atoms with Crippen molar-refractivity contribution in [3.8, 4) is 0 Å². The van der Waals surface area contributed by atoms with Gasteiger partial charge in [-0.25, -0.2) is 0 Å². The Morgan fingerprint density at radius 1 is 0.842 bits per heavy atom. The number of halogens is 1. The van der Waals surface area contributed by atoms with E-state index in [1.54, 1.807) is 0 Å². The first-order valence-corrected chi connectivity index (χ1v) is 6.75. The number of nitrogens with two attached hydrogens (primary N) is 1. The van der Waals surface area contributed by atoms with Crippen molar-refractivity contribution in [2.24, 2.45) is 5.73 Å². The molecule has 1 aliphatic rings. The quantitative estimate of drug-likeness (QED) is 0.880. The van der Waals surface area contributed by atoms with Crippen LogP contribution in [0.1, 0.15) is 47.9 Å². The minimum Gasteiger partial charge on any atom is -0.320 e. The van der Waals surface area contributed by atoms with E-state index >= 15 is 0 Å². The highest BCUT2D eigenvalue weighted by atomic mass is 35.5. The van der Waals surface area contributed by atoms with E-state index in [9.17, 15) is 0 Å². The van der Waals surface area contributed by atoms with Crippen LogP contribution in [0, 0.1) is 0 Å². The molecule has 0 heterocycles. The second-order valence-corrected chi connectivity index (χ2v) is 5.18. The third-order valence-electron chi connectivity index (χ3n) is 4.03. The molecule has 2 aromatic carbocycles. The summed E-state index contributed by atoms with van der Waals surface area (Å²) in [6, 6.07) is 19.1. The summed E-state index contributed by atoms with van der Waals surface area (Å²) in [5, 5.41) is 0. The van der Waals surface area contributed by atoms with Gasteiger partial charge in [0.15, 0.2) is 0 Å². The first-order valence-electron chi connectivity index (χ1n) is 6.75. The van der Waals surface area contributed by atoms with Crippen LogP contribution in [0.2, 0.25) is 0 Å². The molecule has 0 saturated heterocycles. The molecule has 0 spiro atoms. The molecule has 1 saturated carbocycles. The van der Waals surface area contributed by atoms with E-state index in [-0.39, 0.29) is 18.4 Å². The first kappa shape index (κ1) is 14.1. The zero-order valence-electron chi connectivity index (χ0n) is 11.0. The van der Waals surface area contributed by atoms with Crippen molar-refractivity contribution in [2.75, 3.05) is 0 Å². The van der Waals surface area contributed by atoms with Crippen LogP contribution in [0.4, 0.5) is 0 Å². The normalized spacial score (nSPS) is 16.3. The molecule has 0 aromatic heterocycles. The molecule has 0 amide bonds. The summed E-state index contributed by atoms with van der Waals surface area (Å²) in [7, 11) is 0. The number of rotatable bonds is 3. The molecule has 1 aliphatic carbocycles. The monoisotopic (exact) mass is 273 g/mol. The van der Waals surface area contributed by atoms with Gasteiger partial charge in [0.25, 0.3) is 0 Å². The fraction of sp³-hybridized carbons (Fsp3) is 0.294. The molecule has 1 nitrogen and oxygen atoms in total. The largest absolute Gasteiger partial charge is 0.320 e. The van der Waals surface area contributed by atoms with Gasteiger partial charge < -0.3 is 5.73 Å². The topological polar surface area (TPSA) is 26.0 Å². The first-order chi connectivity index (χ1) is 8.84. The van der Waals surface area contributed by atoms with Gasteiger partial charge in [0.05, 0.1) is 6.04 Å². The molecule has 0 radical (unpaired) electrons. The van der Waals surface area contributed by atoms with Crippen molar-refractivity contribution in [3.63, 3.8) is 0 Å². The van der Waals surface area contributed by atoms with Crippen molar-refractivity contribution in [3.05, 3.63) is 71.3 Å². The molecule has 0 bridgehead atoms. The molecule has 3 rings (SSSR count). The average Bonchev–Trinajstić information content (AvgIpc) is 2.38. The third kappa shape index (κ3) is 2.99. The Labute approximate surface area is 121 Å². The lowest BCUT2D eigenvalue weighted by atomic mass is 9.79. The van der Waals surface area contributed by atoms with E-state index in [2.05, 4.69) is 36.4 Å². The Hall–Kier alpha value is -1.31. The van der Waals surface area contributed by atoms with E-state index in [1.165, 1.54) is 36.0 Å². The molecule has 2 aromatic rings. The van der Waals surface area contributed by atoms with Crippen molar-refractivity contribution in [2.45, 2.75) is 31.2 Å². The lowest BCUT2D eigenvalue weighted by Gasteiger charge is -2.26. The molecule has 19 heavy (non-hydrogen) atoms. The number of hydrogen-bond donors (Lipinski definition) is 1.